The molecule has 1 N–H and O–H groups in total. The van der Waals surface area contributed by atoms with Crippen LogP contribution in [-0.4, -0.2) is 41.9 Å². The minimum atomic E-state index is -0.539. The minimum absolute atomic E-state index is 0.180. The maximum Gasteiger partial charge on any atom is 0.329 e. The van der Waals surface area contributed by atoms with Gasteiger partial charge in [0.1, 0.15) is 6.04 Å². The van der Waals surface area contributed by atoms with Crippen LogP contribution in [0.1, 0.15) is 56.9 Å². The number of hydrogen-bond acceptors (Lipinski definition) is 4. The SMILES string of the molecule is O=C(COC(=O)[C@H]1CCCN1C(=O)C12CC3CC(CC(C3)C1)C2)NCc1ccccc1. The summed E-state index contributed by atoms with van der Waals surface area (Å²) >= 11 is 0. The molecule has 4 aliphatic carbocycles. The zero-order valence-corrected chi connectivity index (χ0v) is 18.1. The Morgan fingerprint density at radius 3 is 2.29 bits per heavy atom. The second-order valence-corrected chi connectivity index (χ2v) is 10.2. The summed E-state index contributed by atoms with van der Waals surface area (Å²) in [5.41, 5.74) is 0.746. The fourth-order valence-electron chi connectivity index (χ4n) is 7.01. The summed E-state index contributed by atoms with van der Waals surface area (Å²) in [6.45, 7) is 0.722. The fourth-order valence-corrected chi connectivity index (χ4v) is 7.01. The maximum absolute atomic E-state index is 13.7. The highest BCUT2D eigenvalue weighted by atomic mass is 16.5. The van der Waals surface area contributed by atoms with Crippen molar-refractivity contribution >= 4 is 17.8 Å². The Labute approximate surface area is 183 Å². The number of nitrogens with one attached hydrogen (secondary N) is 1. The number of carbonyl (C=O) groups excluding carboxylic acids is 3. The lowest BCUT2D eigenvalue weighted by molar-refractivity contribution is -0.166. The number of carbonyl (C=O) groups is 3. The van der Waals surface area contributed by atoms with Gasteiger partial charge in [0.05, 0.1) is 5.41 Å². The van der Waals surface area contributed by atoms with Crippen LogP contribution < -0.4 is 5.32 Å². The third-order valence-electron chi connectivity index (χ3n) is 7.96. The van der Waals surface area contributed by atoms with Gasteiger partial charge in [-0.1, -0.05) is 30.3 Å². The molecule has 2 amide bonds. The van der Waals surface area contributed by atoms with E-state index in [1.54, 1.807) is 4.90 Å². The third kappa shape index (κ3) is 4.09. The predicted octanol–water partition coefficient (Wildman–Crippen LogP) is 3.05. The van der Waals surface area contributed by atoms with E-state index in [0.29, 0.717) is 37.3 Å². The van der Waals surface area contributed by atoms with Crippen molar-refractivity contribution in [2.24, 2.45) is 23.2 Å². The van der Waals surface area contributed by atoms with Gasteiger partial charge >= 0.3 is 5.97 Å². The van der Waals surface area contributed by atoms with E-state index in [4.69, 9.17) is 4.74 Å². The molecule has 1 aromatic rings. The van der Waals surface area contributed by atoms with Crippen molar-refractivity contribution in [3.8, 4) is 0 Å². The Hall–Kier alpha value is -2.37. The van der Waals surface area contributed by atoms with E-state index >= 15 is 0 Å². The highest BCUT2D eigenvalue weighted by Gasteiger charge is 2.57. The second kappa shape index (κ2) is 8.29. The molecule has 6 rings (SSSR count). The Balaban J connectivity index is 1.16. The molecule has 1 aromatic carbocycles. The van der Waals surface area contributed by atoms with Crippen molar-refractivity contribution in [2.45, 2.75) is 64.0 Å². The Morgan fingerprint density at radius 2 is 1.65 bits per heavy atom. The van der Waals surface area contributed by atoms with E-state index in [0.717, 1.165) is 31.2 Å². The van der Waals surface area contributed by atoms with Crippen molar-refractivity contribution < 1.29 is 19.1 Å². The lowest BCUT2D eigenvalue weighted by Gasteiger charge is -2.56. The zero-order valence-electron chi connectivity index (χ0n) is 18.1. The van der Waals surface area contributed by atoms with Crippen molar-refractivity contribution in [1.82, 2.24) is 10.2 Å². The average molecular weight is 425 g/mol. The molecule has 0 unspecified atom stereocenters. The van der Waals surface area contributed by atoms with Gasteiger partial charge in [0, 0.05) is 13.1 Å². The highest BCUT2D eigenvalue weighted by molar-refractivity contribution is 5.90. The number of esters is 1. The number of rotatable bonds is 6. The van der Waals surface area contributed by atoms with Gasteiger partial charge in [-0.15, -0.1) is 0 Å². The number of likely N-dealkylation sites (tertiary alicyclic amines) is 1. The molecule has 0 spiro atoms. The number of ether oxygens (including phenoxy) is 1. The third-order valence-corrected chi connectivity index (χ3v) is 7.96. The molecule has 31 heavy (non-hydrogen) atoms. The fraction of sp³-hybridized carbons (Fsp3) is 0.640. The van der Waals surface area contributed by atoms with E-state index in [1.807, 2.05) is 30.3 Å². The minimum Gasteiger partial charge on any atom is -0.454 e. The van der Waals surface area contributed by atoms with Crippen LogP contribution in [0.2, 0.25) is 0 Å². The van der Waals surface area contributed by atoms with E-state index in [-0.39, 0.29) is 23.8 Å². The van der Waals surface area contributed by atoms with Crippen LogP contribution in [-0.2, 0) is 25.7 Å². The molecule has 0 radical (unpaired) electrons. The van der Waals surface area contributed by atoms with E-state index in [2.05, 4.69) is 5.32 Å². The van der Waals surface area contributed by atoms with Crippen LogP contribution in [0.15, 0.2) is 30.3 Å². The molecule has 5 fully saturated rings. The Morgan fingerprint density at radius 1 is 1.00 bits per heavy atom. The molecular formula is C25H32N2O4. The molecule has 166 valence electrons. The normalized spacial score (nSPS) is 33.4. The van der Waals surface area contributed by atoms with Crippen LogP contribution >= 0.6 is 0 Å². The summed E-state index contributed by atoms with van der Waals surface area (Å²) in [5.74, 6) is 1.49. The summed E-state index contributed by atoms with van der Waals surface area (Å²) in [6.07, 6.45) is 8.30. The van der Waals surface area contributed by atoms with E-state index < -0.39 is 12.0 Å². The van der Waals surface area contributed by atoms with Gasteiger partial charge < -0.3 is 15.0 Å². The molecular weight excluding hydrogens is 392 g/mol. The molecule has 0 aromatic heterocycles. The lowest BCUT2D eigenvalue weighted by atomic mass is 9.49. The van der Waals surface area contributed by atoms with Crippen molar-refractivity contribution in [3.63, 3.8) is 0 Å². The predicted molar refractivity (Wildman–Crippen MR) is 115 cm³/mol. The topological polar surface area (TPSA) is 75.7 Å². The number of amides is 2. The van der Waals surface area contributed by atoms with E-state index in [1.165, 1.54) is 19.3 Å². The average Bonchev–Trinajstić information content (AvgIpc) is 3.25. The van der Waals surface area contributed by atoms with Crippen molar-refractivity contribution in [2.75, 3.05) is 13.2 Å². The lowest BCUT2D eigenvalue weighted by Crippen LogP contribution is -2.56. The van der Waals surface area contributed by atoms with Gasteiger partial charge in [0.15, 0.2) is 6.61 Å². The molecule has 1 saturated heterocycles. The van der Waals surface area contributed by atoms with Crippen LogP contribution in [0, 0.1) is 23.2 Å². The largest absolute Gasteiger partial charge is 0.454 e. The first-order chi connectivity index (χ1) is 15.0. The molecule has 1 atom stereocenters. The van der Waals surface area contributed by atoms with Gasteiger partial charge in [0.2, 0.25) is 5.91 Å². The molecule has 1 aliphatic heterocycles. The molecule has 4 saturated carbocycles. The molecule has 5 aliphatic rings. The number of nitrogens with zero attached hydrogens (tertiary/aromatic N) is 1. The summed E-state index contributed by atoms with van der Waals surface area (Å²) in [4.78, 5) is 40.3. The van der Waals surface area contributed by atoms with Crippen LogP contribution in [0.5, 0.6) is 0 Å². The quantitative estimate of drug-likeness (QED) is 0.712. The summed E-state index contributed by atoms with van der Waals surface area (Å²) in [7, 11) is 0. The maximum atomic E-state index is 13.7. The molecule has 6 heteroatoms. The Kier molecular flexibility index (Phi) is 5.49. The standard InChI is InChI=1S/C25H32N2O4/c28-22(26-15-17-5-2-1-3-6-17)16-31-23(29)21-7-4-8-27(21)24(30)25-12-18-9-19(13-25)11-20(10-18)14-25/h1-3,5-6,18-21H,4,7-16H2,(H,26,28)/t18?,19?,20?,21-,25?/m1/s1. The van der Waals surface area contributed by atoms with Gasteiger partial charge in [-0.05, 0) is 74.7 Å². The summed E-state index contributed by atoms with van der Waals surface area (Å²) in [5, 5.41) is 2.77. The monoisotopic (exact) mass is 424 g/mol. The van der Waals surface area contributed by atoms with E-state index in [9.17, 15) is 14.4 Å². The van der Waals surface area contributed by atoms with Crippen LogP contribution in [0.3, 0.4) is 0 Å². The second-order valence-electron chi connectivity index (χ2n) is 10.2. The zero-order chi connectivity index (χ0) is 21.4. The summed E-state index contributed by atoms with van der Waals surface area (Å²) in [6, 6.07) is 9.07. The number of hydrogen-bond donors (Lipinski definition) is 1. The first-order valence-electron chi connectivity index (χ1n) is 11.8. The van der Waals surface area contributed by atoms with Gasteiger partial charge in [-0.2, -0.15) is 0 Å². The Bertz CT molecular complexity index is 817. The van der Waals surface area contributed by atoms with Gasteiger partial charge in [-0.3, -0.25) is 9.59 Å². The first-order valence-corrected chi connectivity index (χ1v) is 11.8. The number of benzene rings is 1. The molecule has 1 heterocycles. The summed E-state index contributed by atoms with van der Waals surface area (Å²) < 4.78 is 5.33. The van der Waals surface area contributed by atoms with Gasteiger partial charge in [0.25, 0.3) is 5.91 Å². The molecule has 4 bridgehead atoms. The van der Waals surface area contributed by atoms with Crippen LogP contribution in [0.4, 0.5) is 0 Å². The van der Waals surface area contributed by atoms with Crippen molar-refractivity contribution in [3.05, 3.63) is 35.9 Å². The van der Waals surface area contributed by atoms with Crippen LogP contribution in [0.25, 0.3) is 0 Å². The smallest absolute Gasteiger partial charge is 0.329 e. The van der Waals surface area contributed by atoms with Crippen molar-refractivity contribution in [1.29, 1.82) is 0 Å². The first kappa shape index (κ1) is 20.5. The highest BCUT2D eigenvalue weighted by Crippen LogP contribution is 2.60. The molecule has 6 nitrogen and oxygen atoms in total. The van der Waals surface area contributed by atoms with Gasteiger partial charge in [-0.25, -0.2) is 4.79 Å².